The Morgan fingerprint density at radius 1 is 1.64 bits per heavy atom. The van der Waals surface area contributed by atoms with Crippen LogP contribution in [-0.4, -0.2) is 29.6 Å². The molecule has 0 radical (unpaired) electrons. The third kappa shape index (κ3) is 5.35. The van der Waals surface area contributed by atoms with Crippen LogP contribution in [0.15, 0.2) is 0 Å². The summed E-state index contributed by atoms with van der Waals surface area (Å²) in [7, 11) is 0. The molecule has 4 N–H and O–H groups in total. The summed E-state index contributed by atoms with van der Waals surface area (Å²) in [5.74, 6) is -1.37. The Morgan fingerprint density at radius 3 is 2.55 bits per heavy atom. The molecule has 0 aromatic rings. The molecule has 5 nitrogen and oxygen atoms in total. The number of carboxylic acid groups (broad SMARTS) is 1. The summed E-state index contributed by atoms with van der Waals surface area (Å²) >= 11 is 0. The zero-order valence-corrected chi connectivity index (χ0v) is 6.33. The highest BCUT2D eigenvalue weighted by Crippen LogP contribution is 1.80. The molecular weight excluding hydrogens is 148 g/mol. The molecule has 0 heterocycles. The maximum Gasteiger partial charge on any atom is 0.304 e. The topological polar surface area (TPSA) is 92.4 Å². The number of nitrogens with one attached hydrogen (secondary N) is 1. The van der Waals surface area contributed by atoms with Gasteiger partial charge in [0, 0.05) is 6.54 Å². The van der Waals surface area contributed by atoms with Crippen LogP contribution in [0.3, 0.4) is 0 Å². The highest BCUT2D eigenvalue weighted by molar-refractivity contribution is 5.79. The lowest BCUT2D eigenvalue weighted by Crippen LogP contribution is -2.39. The van der Waals surface area contributed by atoms with Crippen molar-refractivity contribution < 1.29 is 14.7 Å². The van der Waals surface area contributed by atoms with Crippen molar-refractivity contribution in [1.82, 2.24) is 5.32 Å². The van der Waals surface area contributed by atoms with Gasteiger partial charge in [0.25, 0.3) is 0 Å². The molecule has 0 saturated heterocycles. The molecule has 0 fully saturated rings. The monoisotopic (exact) mass is 160 g/mol. The van der Waals surface area contributed by atoms with E-state index >= 15 is 0 Å². The molecule has 1 unspecified atom stereocenters. The summed E-state index contributed by atoms with van der Waals surface area (Å²) in [6, 6.07) is -0.464. The molecule has 0 aliphatic rings. The number of rotatable bonds is 5. The molecular formula is C6H12N2O3. The summed E-state index contributed by atoms with van der Waals surface area (Å²) in [6.45, 7) is 1.85. The summed E-state index contributed by atoms with van der Waals surface area (Å²) in [6.07, 6.45) is -0.00236. The van der Waals surface area contributed by atoms with Crippen molar-refractivity contribution in [3.63, 3.8) is 0 Å². The summed E-state index contributed by atoms with van der Waals surface area (Å²) in [4.78, 5) is 20.4. The van der Waals surface area contributed by atoms with Crippen molar-refractivity contribution in [2.75, 3.05) is 6.54 Å². The fourth-order valence-electron chi connectivity index (χ4n) is 0.496. The number of primary amides is 1. The molecule has 0 bridgehead atoms. The Balaban J connectivity index is 3.39. The molecule has 64 valence electrons. The maximum atomic E-state index is 10.4. The van der Waals surface area contributed by atoms with E-state index in [0.717, 1.165) is 0 Å². The standard InChI is InChI=1S/C6H12N2O3/c1-4(6(7)11)8-3-2-5(9)10/h4,8H,2-3H2,1H3,(H2,7,11)(H,9,10). The molecule has 1 amide bonds. The lowest BCUT2D eigenvalue weighted by atomic mass is 10.3. The van der Waals surface area contributed by atoms with Gasteiger partial charge in [-0.25, -0.2) is 0 Å². The summed E-state index contributed by atoms with van der Waals surface area (Å²) in [5, 5.41) is 10.9. The van der Waals surface area contributed by atoms with Gasteiger partial charge in [0.2, 0.25) is 5.91 Å². The van der Waals surface area contributed by atoms with Crippen LogP contribution >= 0.6 is 0 Å². The maximum absolute atomic E-state index is 10.4. The van der Waals surface area contributed by atoms with E-state index in [0.29, 0.717) is 0 Å². The zero-order chi connectivity index (χ0) is 8.85. The summed E-state index contributed by atoms with van der Waals surface area (Å²) < 4.78 is 0. The number of aliphatic carboxylic acids is 1. The Morgan fingerprint density at radius 2 is 2.18 bits per heavy atom. The van der Waals surface area contributed by atoms with Crippen molar-refractivity contribution in [1.29, 1.82) is 0 Å². The van der Waals surface area contributed by atoms with Crippen LogP contribution in [0.2, 0.25) is 0 Å². The van der Waals surface area contributed by atoms with E-state index in [1.54, 1.807) is 6.92 Å². The smallest absolute Gasteiger partial charge is 0.304 e. The average molecular weight is 160 g/mol. The zero-order valence-electron chi connectivity index (χ0n) is 6.33. The van der Waals surface area contributed by atoms with Gasteiger partial charge in [0.05, 0.1) is 12.5 Å². The minimum absolute atomic E-state index is 0.00236. The first-order valence-corrected chi connectivity index (χ1v) is 3.28. The van der Waals surface area contributed by atoms with Gasteiger partial charge in [-0.2, -0.15) is 0 Å². The molecule has 0 aromatic heterocycles. The van der Waals surface area contributed by atoms with Crippen LogP contribution in [0.1, 0.15) is 13.3 Å². The van der Waals surface area contributed by atoms with Gasteiger partial charge < -0.3 is 16.2 Å². The van der Waals surface area contributed by atoms with Crippen LogP contribution in [-0.2, 0) is 9.59 Å². The number of nitrogens with two attached hydrogens (primary N) is 1. The van der Waals surface area contributed by atoms with Crippen molar-refractivity contribution in [3.05, 3.63) is 0 Å². The first-order chi connectivity index (χ1) is 5.04. The Kier molecular flexibility index (Phi) is 4.21. The van der Waals surface area contributed by atoms with E-state index in [1.807, 2.05) is 0 Å². The lowest BCUT2D eigenvalue weighted by Gasteiger charge is -2.07. The number of carbonyl (C=O) groups excluding carboxylic acids is 1. The van der Waals surface area contributed by atoms with Crippen molar-refractivity contribution in [3.8, 4) is 0 Å². The minimum Gasteiger partial charge on any atom is -0.481 e. The Bertz CT molecular complexity index is 158. The molecule has 11 heavy (non-hydrogen) atoms. The second-order valence-corrected chi connectivity index (χ2v) is 2.22. The molecule has 5 heteroatoms. The van der Waals surface area contributed by atoms with Gasteiger partial charge in [-0.05, 0) is 6.92 Å². The largest absolute Gasteiger partial charge is 0.481 e. The van der Waals surface area contributed by atoms with E-state index in [9.17, 15) is 9.59 Å². The molecule has 0 rings (SSSR count). The van der Waals surface area contributed by atoms with Gasteiger partial charge >= 0.3 is 5.97 Å². The summed E-state index contributed by atoms with van der Waals surface area (Å²) in [5.41, 5.74) is 4.90. The van der Waals surface area contributed by atoms with Gasteiger partial charge in [-0.1, -0.05) is 0 Å². The predicted molar refractivity (Wildman–Crippen MR) is 38.9 cm³/mol. The van der Waals surface area contributed by atoms with Gasteiger partial charge in [-0.15, -0.1) is 0 Å². The number of hydrogen-bond donors (Lipinski definition) is 3. The van der Waals surface area contributed by atoms with Gasteiger partial charge in [0.15, 0.2) is 0 Å². The van der Waals surface area contributed by atoms with Crippen LogP contribution in [0.25, 0.3) is 0 Å². The second kappa shape index (κ2) is 4.68. The molecule has 0 aliphatic heterocycles. The van der Waals surface area contributed by atoms with E-state index < -0.39 is 17.9 Å². The quantitative estimate of drug-likeness (QED) is 0.477. The number of carboxylic acids is 1. The molecule has 0 aromatic carbocycles. The van der Waals surface area contributed by atoms with E-state index in [4.69, 9.17) is 10.8 Å². The highest BCUT2D eigenvalue weighted by Gasteiger charge is 2.06. The van der Waals surface area contributed by atoms with E-state index in [2.05, 4.69) is 5.32 Å². The van der Waals surface area contributed by atoms with Crippen LogP contribution in [0.5, 0.6) is 0 Å². The van der Waals surface area contributed by atoms with Crippen LogP contribution in [0, 0.1) is 0 Å². The number of amides is 1. The normalized spacial score (nSPS) is 12.5. The van der Waals surface area contributed by atoms with E-state index in [1.165, 1.54) is 0 Å². The molecule has 0 spiro atoms. The first-order valence-electron chi connectivity index (χ1n) is 3.28. The number of hydrogen-bond acceptors (Lipinski definition) is 3. The van der Waals surface area contributed by atoms with Crippen molar-refractivity contribution in [2.45, 2.75) is 19.4 Å². The highest BCUT2D eigenvalue weighted by atomic mass is 16.4. The second-order valence-electron chi connectivity index (χ2n) is 2.22. The SMILES string of the molecule is CC(NCCC(=O)O)C(N)=O. The molecule has 0 aliphatic carbocycles. The van der Waals surface area contributed by atoms with Crippen LogP contribution < -0.4 is 11.1 Å². The predicted octanol–water partition coefficient (Wildman–Crippen LogP) is -1.08. The Labute approximate surface area is 64.6 Å². The Hall–Kier alpha value is -1.10. The van der Waals surface area contributed by atoms with Gasteiger partial charge in [-0.3, -0.25) is 9.59 Å². The first kappa shape index (κ1) is 9.90. The third-order valence-electron chi connectivity index (χ3n) is 1.22. The molecule has 0 saturated carbocycles. The minimum atomic E-state index is -0.894. The molecule has 1 atom stereocenters. The number of carbonyl (C=O) groups is 2. The third-order valence-corrected chi connectivity index (χ3v) is 1.22. The fraction of sp³-hybridized carbons (Fsp3) is 0.667. The van der Waals surface area contributed by atoms with Crippen molar-refractivity contribution in [2.24, 2.45) is 5.73 Å². The lowest BCUT2D eigenvalue weighted by molar-refractivity contribution is -0.137. The fourth-order valence-corrected chi connectivity index (χ4v) is 0.496. The van der Waals surface area contributed by atoms with Gasteiger partial charge in [0.1, 0.15) is 0 Å². The van der Waals surface area contributed by atoms with Crippen LogP contribution in [0.4, 0.5) is 0 Å². The van der Waals surface area contributed by atoms with E-state index in [-0.39, 0.29) is 13.0 Å². The average Bonchev–Trinajstić information content (AvgIpc) is 1.86. The van der Waals surface area contributed by atoms with Crippen molar-refractivity contribution >= 4 is 11.9 Å².